The van der Waals surface area contributed by atoms with Gasteiger partial charge in [-0.2, -0.15) is 0 Å². The molecule has 31 heavy (non-hydrogen) atoms. The number of piperidine rings is 1. The Balaban J connectivity index is 1.25. The normalized spacial score (nSPS) is 18.2. The quantitative estimate of drug-likeness (QED) is 0.749. The van der Waals surface area contributed by atoms with Gasteiger partial charge in [-0.1, -0.05) is 17.7 Å². The van der Waals surface area contributed by atoms with Crippen LogP contribution >= 0.6 is 0 Å². The second kappa shape index (κ2) is 10.3. The van der Waals surface area contributed by atoms with Gasteiger partial charge in [0.1, 0.15) is 0 Å². The van der Waals surface area contributed by atoms with E-state index in [4.69, 9.17) is 4.74 Å². The maximum atomic E-state index is 12.6. The minimum atomic E-state index is -0.0499. The first-order chi connectivity index (χ1) is 15.1. The molecule has 4 rings (SSSR count). The maximum absolute atomic E-state index is 12.6. The Hall–Kier alpha value is -2.37. The molecule has 2 aliphatic rings. The number of nitrogens with zero attached hydrogens (tertiary/aromatic N) is 1. The van der Waals surface area contributed by atoms with Gasteiger partial charge < -0.3 is 20.3 Å². The zero-order valence-corrected chi connectivity index (χ0v) is 18.9. The summed E-state index contributed by atoms with van der Waals surface area (Å²) in [6.45, 7) is 9.36. The van der Waals surface area contributed by atoms with Crippen LogP contribution in [0, 0.1) is 19.8 Å². The number of nitrogens with one attached hydrogen (secondary N) is 1. The number of carbonyl (C=O) groups excluding carboxylic acids is 1. The van der Waals surface area contributed by atoms with Gasteiger partial charge in [0.2, 0.25) is 0 Å². The number of benzene rings is 2. The molecule has 0 atom stereocenters. The van der Waals surface area contributed by atoms with E-state index in [0.717, 1.165) is 55.1 Å². The maximum Gasteiger partial charge on any atom is 0.255 e. The summed E-state index contributed by atoms with van der Waals surface area (Å²) >= 11 is 0. The van der Waals surface area contributed by atoms with Crippen molar-refractivity contribution in [3.63, 3.8) is 0 Å². The first-order valence-corrected chi connectivity index (χ1v) is 11.7. The van der Waals surface area contributed by atoms with Crippen molar-refractivity contribution in [3.8, 4) is 0 Å². The minimum Gasteiger partial charge on any atom is -0.381 e. The number of nitrogens with two attached hydrogens (primary N) is 1. The number of ether oxygens (including phenoxy) is 1. The lowest BCUT2D eigenvalue weighted by Gasteiger charge is -2.33. The number of hydrogen-bond donors (Lipinski definition) is 2. The molecule has 2 aromatic rings. The Labute approximate surface area is 186 Å². The summed E-state index contributed by atoms with van der Waals surface area (Å²) in [6.07, 6.45) is 4.91. The standard InChI is InChI=1S/C26H35N3O2/c1-19-3-8-25(20(2)17-19)26(30)28-23-4-6-24(7-5-23)29-13-9-22(10-14-29)27-18-21-11-15-31-16-12-21/h3-8,17,21-22,27H,9-16,18H2,1-2H3,(H,28,30)/p+1. The van der Waals surface area contributed by atoms with Crippen LogP contribution in [-0.4, -0.2) is 44.8 Å². The predicted octanol–water partition coefficient (Wildman–Crippen LogP) is 3.51. The highest BCUT2D eigenvalue weighted by molar-refractivity contribution is 6.05. The van der Waals surface area contributed by atoms with Gasteiger partial charge >= 0.3 is 0 Å². The van der Waals surface area contributed by atoms with E-state index in [-0.39, 0.29) is 5.91 Å². The zero-order chi connectivity index (χ0) is 21.6. The van der Waals surface area contributed by atoms with Crippen molar-refractivity contribution in [2.24, 2.45) is 5.92 Å². The van der Waals surface area contributed by atoms with E-state index < -0.39 is 0 Å². The third-order valence-electron chi connectivity index (χ3n) is 6.80. The molecule has 0 radical (unpaired) electrons. The van der Waals surface area contributed by atoms with Gasteiger partial charge in [-0.3, -0.25) is 4.79 Å². The highest BCUT2D eigenvalue weighted by atomic mass is 16.5. The van der Waals surface area contributed by atoms with E-state index in [9.17, 15) is 4.79 Å². The highest BCUT2D eigenvalue weighted by Crippen LogP contribution is 2.22. The molecule has 0 bridgehead atoms. The molecule has 0 aliphatic carbocycles. The fraction of sp³-hybridized carbons (Fsp3) is 0.500. The lowest BCUT2D eigenvalue weighted by atomic mass is 9.98. The minimum absolute atomic E-state index is 0.0499. The number of amides is 1. The average Bonchev–Trinajstić information content (AvgIpc) is 2.79. The molecule has 2 fully saturated rings. The van der Waals surface area contributed by atoms with Gasteiger partial charge in [0.05, 0.1) is 12.6 Å². The van der Waals surface area contributed by atoms with E-state index in [1.54, 1.807) is 0 Å². The number of aryl methyl sites for hydroxylation is 2. The third-order valence-corrected chi connectivity index (χ3v) is 6.80. The van der Waals surface area contributed by atoms with Crippen LogP contribution in [0.3, 0.4) is 0 Å². The van der Waals surface area contributed by atoms with Gasteiger partial charge in [-0.25, -0.2) is 0 Å². The van der Waals surface area contributed by atoms with Crippen LogP contribution in [0.5, 0.6) is 0 Å². The SMILES string of the molecule is Cc1ccc(C(=O)Nc2ccc(N3CCC([NH2+]CC4CCOCC4)CC3)cc2)c(C)c1. The van der Waals surface area contributed by atoms with Crippen LogP contribution in [0.1, 0.15) is 47.2 Å². The first-order valence-electron chi connectivity index (χ1n) is 11.7. The Bertz CT molecular complexity index is 867. The fourth-order valence-corrected chi connectivity index (χ4v) is 4.78. The summed E-state index contributed by atoms with van der Waals surface area (Å²) < 4.78 is 5.47. The molecule has 1 amide bonds. The van der Waals surface area contributed by atoms with Crippen molar-refractivity contribution in [2.45, 2.75) is 45.6 Å². The Morgan fingerprint density at radius 1 is 1.03 bits per heavy atom. The van der Waals surface area contributed by atoms with Crippen molar-refractivity contribution >= 4 is 17.3 Å². The molecule has 0 spiro atoms. The van der Waals surface area contributed by atoms with Crippen molar-refractivity contribution < 1.29 is 14.8 Å². The van der Waals surface area contributed by atoms with Gasteiger partial charge in [-0.05, 0) is 62.6 Å². The molecule has 5 nitrogen and oxygen atoms in total. The summed E-state index contributed by atoms with van der Waals surface area (Å²) in [7, 11) is 0. The molecule has 2 aromatic carbocycles. The first kappa shape index (κ1) is 21.8. The molecular weight excluding hydrogens is 386 g/mol. The van der Waals surface area contributed by atoms with Gasteiger partial charge in [0.25, 0.3) is 5.91 Å². The van der Waals surface area contributed by atoms with E-state index in [2.05, 4.69) is 27.7 Å². The smallest absolute Gasteiger partial charge is 0.255 e. The fourth-order valence-electron chi connectivity index (χ4n) is 4.78. The number of carbonyl (C=O) groups is 1. The van der Waals surface area contributed by atoms with Crippen LogP contribution in [0.25, 0.3) is 0 Å². The Kier molecular flexibility index (Phi) is 7.25. The molecule has 0 aromatic heterocycles. The summed E-state index contributed by atoms with van der Waals surface area (Å²) in [4.78, 5) is 15.1. The summed E-state index contributed by atoms with van der Waals surface area (Å²) in [5.74, 6) is 0.782. The molecule has 2 saturated heterocycles. The summed E-state index contributed by atoms with van der Waals surface area (Å²) in [5, 5.41) is 5.61. The Morgan fingerprint density at radius 3 is 2.42 bits per heavy atom. The lowest BCUT2D eigenvalue weighted by molar-refractivity contribution is -0.696. The van der Waals surface area contributed by atoms with Crippen molar-refractivity contribution in [3.05, 3.63) is 59.2 Å². The highest BCUT2D eigenvalue weighted by Gasteiger charge is 2.24. The average molecular weight is 423 g/mol. The number of anilines is 2. The van der Waals surface area contributed by atoms with Gasteiger partial charge in [0.15, 0.2) is 0 Å². The monoisotopic (exact) mass is 422 g/mol. The second-order valence-corrected chi connectivity index (χ2v) is 9.17. The zero-order valence-electron chi connectivity index (χ0n) is 18.9. The largest absolute Gasteiger partial charge is 0.381 e. The van der Waals surface area contributed by atoms with Crippen LogP contribution < -0.4 is 15.5 Å². The van der Waals surface area contributed by atoms with Gasteiger partial charge in [-0.15, -0.1) is 0 Å². The van der Waals surface area contributed by atoms with E-state index in [0.29, 0.717) is 0 Å². The molecule has 3 N–H and O–H groups in total. The lowest BCUT2D eigenvalue weighted by Crippen LogP contribution is -2.92. The van der Waals surface area contributed by atoms with Crippen LogP contribution in [-0.2, 0) is 4.74 Å². The van der Waals surface area contributed by atoms with E-state index >= 15 is 0 Å². The van der Waals surface area contributed by atoms with Crippen LogP contribution in [0.2, 0.25) is 0 Å². The van der Waals surface area contributed by atoms with Crippen molar-refractivity contribution in [1.82, 2.24) is 0 Å². The van der Waals surface area contributed by atoms with E-state index in [1.165, 1.54) is 43.5 Å². The molecule has 0 unspecified atom stereocenters. The van der Waals surface area contributed by atoms with Crippen LogP contribution in [0.4, 0.5) is 11.4 Å². The predicted molar refractivity (Wildman–Crippen MR) is 126 cm³/mol. The second-order valence-electron chi connectivity index (χ2n) is 9.17. The van der Waals surface area contributed by atoms with E-state index in [1.807, 2.05) is 44.2 Å². The molecule has 0 saturated carbocycles. The molecule has 2 aliphatic heterocycles. The topological polar surface area (TPSA) is 58.2 Å². The number of quaternary nitrogens is 1. The Morgan fingerprint density at radius 2 is 1.74 bits per heavy atom. The molecule has 5 heteroatoms. The summed E-state index contributed by atoms with van der Waals surface area (Å²) in [6, 6.07) is 15.0. The van der Waals surface area contributed by atoms with Crippen molar-refractivity contribution in [2.75, 3.05) is 43.1 Å². The molecule has 166 valence electrons. The van der Waals surface area contributed by atoms with Gasteiger partial charge in [0, 0.05) is 62.0 Å². The summed E-state index contributed by atoms with van der Waals surface area (Å²) in [5.41, 5.74) is 4.99. The van der Waals surface area contributed by atoms with Crippen LogP contribution in [0.15, 0.2) is 42.5 Å². The molecular formula is C26H36N3O2+. The number of hydrogen-bond acceptors (Lipinski definition) is 3. The number of rotatable bonds is 6. The third kappa shape index (κ3) is 5.86. The molecule has 2 heterocycles. The van der Waals surface area contributed by atoms with Crippen molar-refractivity contribution in [1.29, 1.82) is 0 Å².